The second-order valence-electron chi connectivity index (χ2n) is 5.90. The van der Waals surface area contributed by atoms with Gasteiger partial charge in [0, 0.05) is 11.5 Å². The molecule has 2 aromatic carbocycles. The smallest absolute Gasteiger partial charge is 0.415 e. The molecule has 0 aromatic heterocycles. The van der Waals surface area contributed by atoms with E-state index in [1.54, 1.807) is 0 Å². The van der Waals surface area contributed by atoms with Crippen molar-refractivity contribution in [1.29, 1.82) is 0 Å². The molecule has 156 valence electrons. The van der Waals surface area contributed by atoms with Crippen LogP contribution in [0.2, 0.25) is 0 Å². The molecule has 1 aliphatic rings. The Balaban J connectivity index is 1.58. The predicted octanol–water partition coefficient (Wildman–Crippen LogP) is 5.23. The van der Waals surface area contributed by atoms with Gasteiger partial charge in [-0.1, -0.05) is 70.1 Å². The molecule has 10 heteroatoms. The van der Waals surface area contributed by atoms with Crippen LogP contribution in [0, 0.1) is 4.91 Å². The van der Waals surface area contributed by atoms with Gasteiger partial charge in [-0.25, -0.2) is 14.9 Å². The molecule has 0 aliphatic carbocycles. The number of benzene rings is 2. The topological polar surface area (TPSA) is 97.3 Å². The van der Waals surface area contributed by atoms with Gasteiger partial charge >= 0.3 is 12.1 Å². The number of anilines is 2. The number of fused-ring (bicyclic) bond motifs is 2. The summed E-state index contributed by atoms with van der Waals surface area (Å²) in [5.74, 6) is 1.11. The maximum absolute atomic E-state index is 13.0. The first-order valence-electron chi connectivity index (χ1n) is 9.04. The van der Waals surface area contributed by atoms with E-state index in [0.717, 1.165) is 11.1 Å². The van der Waals surface area contributed by atoms with E-state index in [1.165, 1.54) is 26.5 Å². The molecule has 2 aromatic rings. The second kappa shape index (κ2) is 11.3. The number of carbonyl (C=O) groups excluding carboxylic acids is 2. The summed E-state index contributed by atoms with van der Waals surface area (Å²) in [6, 6.07) is 14.3. The molecule has 0 atom stereocenters. The number of alkyl carbamates (subject to hydrolysis) is 1. The molecule has 30 heavy (non-hydrogen) atoms. The monoisotopic (exact) mass is 445 g/mol. The lowest BCUT2D eigenvalue weighted by Gasteiger charge is -2.24. The summed E-state index contributed by atoms with van der Waals surface area (Å²) in [4.78, 5) is 40.6. The summed E-state index contributed by atoms with van der Waals surface area (Å²) < 4.78 is 5.09. The average molecular weight is 446 g/mol. The fourth-order valence-electron chi connectivity index (χ4n) is 2.77. The number of hydrogen-bond donors (Lipinski definition) is 1. The van der Waals surface area contributed by atoms with Crippen molar-refractivity contribution in [3.63, 3.8) is 0 Å². The first-order chi connectivity index (χ1) is 14.7. The van der Waals surface area contributed by atoms with Gasteiger partial charge in [0.1, 0.15) is 13.2 Å². The Hall–Kier alpha value is -2.98. The third-order valence-corrected chi connectivity index (χ3v) is 6.34. The lowest BCUT2D eigenvalue weighted by Crippen LogP contribution is -2.41. The van der Waals surface area contributed by atoms with E-state index >= 15 is 0 Å². The third kappa shape index (κ3) is 5.77. The van der Waals surface area contributed by atoms with E-state index in [4.69, 9.17) is 4.74 Å². The van der Waals surface area contributed by atoms with E-state index in [1.807, 2.05) is 60.7 Å². The van der Waals surface area contributed by atoms with Crippen molar-refractivity contribution in [3.05, 3.63) is 64.6 Å². The minimum atomic E-state index is -0.814. The summed E-state index contributed by atoms with van der Waals surface area (Å²) >= 11 is 0. The van der Waals surface area contributed by atoms with E-state index in [2.05, 4.69) is 15.5 Å². The molecule has 0 bridgehead atoms. The van der Waals surface area contributed by atoms with Gasteiger partial charge in [-0.3, -0.25) is 4.90 Å². The Bertz CT molecular complexity index is 889. The zero-order valence-corrected chi connectivity index (χ0v) is 17.5. The average Bonchev–Trinajstić information content (AvgIpc) is 2.92. The normalized spacial score (nSPS) is 11.7. The number of rotatable bonds is 8. The fourth-order valence-corrected chi connectivity index (χ4v) is 4.41. The van der Waals surface area contributed by atoms with Crippen molar-refractivity contribution in [2.24, 2.45) is 5.34 Å². The highest BCUT2D eigenvalue weighted by Gasteiger charge is 2.25. The number of amides is 3. The van der Waals surface area contributed by atoms with Gasteiger partial charge in [-0.05, 0) is 23.3 Å². The van der Waals surface area contributed by atoms with Crippen molar-refractivity contribution >= 4 is 57.2 Å². The van der Waals surface area contributed by atoms with Crippen molar-refractivity contribution in [1.82, 2.24) is 5.32 Å². The number of imide groups is 1. The Morgan fingerprint density at radius 3 is 2.07 bits per heavy atom. The van der Waals surface area contributed by atoms with Crippen LogP contribution in [-0.2, 0) is 9.57 Å². The fraction of sp³-hybridized carbons (Fsp3) is 0.200. The molecule has 8 nitrogen and oxygen atoms in total. The van der Waals surface area contributed by atoms with Crippen LogP contribution in [0.15, 0.2) is 53.9 Å². The number of nitrogens with one attached hydrogen (secondary N) is 1. The standard InChI is InChI=1S/C20H19N3O5S2/c24-19(21-20(25)27-11-13-29-30-14-12-28-22-26)23-17-7-3-1-5-15(17)9-10-16-6-2-4-8-18(16)23/h1-10H,11-14H2,(H,21,24,25). The number of hydrogen-bond acceptors (Lipinski definition) is 8. The van der Waals surface area contributed by atoms with Crippen LogP contribution in [0.25, 0.3) is 12.2 Å². The largest absolute Gasteiger partial charge is 0.448 e. The van der Waals surface area contributed by atoms with Crippen LogP contribution >= 0.6 is 21.6 Å². The summed E-state index contributed by atoms with van der Waals surface area (Å²) in [5.41, 5.74) is 3.06. The Morgan fingerprint density at radius 2 is 1.47 bits per heavy atom. The Labute approximate surface area is 181 Å². The van der Waals surface area contributed by atoms with E-state index in [-0.39, 0.29) is 13.2 Å². The molecular weight excluding hydrogens is 426 g/mol. The highest BCUT2D eigenvalue weighted by Crippen LogP contribution is 2.36. The summed E-state index contributed by atoms with van der Waals surface area (Å²) in [5, 5.41) is 4.60. The quantitative estimate of drug-likeness (QED) is 0.257. The predicted molar refractivity (Wildman–Crippen MR) is 120 cm³/mol. The van der Waals surface area contributed by atoms with Crippen LogP contribution < -0.4 is 10.2 Å². The van der Waals surface area contributed by atoms with Gasteiger partial charge in [0.15, 0.2) is 5.34 Å². The first-order valence-corrected chi connectivity index (χ1v) is 11.5. The zero-order chi connectivity index (χ0) is 21.2. The molecule has 0 saturated heterocycles. The van der Waals surface area contributed by atoms with Crippen molar-refractivity contribution < 1.29 is 19.2 Å². The van der Waals surface area contributed by atoms with Crippen LogP contribution in [0.5, 0.6) is 0 Å². The molecule has 0 fully saturated rings. The number of para-hydroxylation sites is 2. The zero-order valence-electron chi connectivity index (χ0n) is 15.9. The molecule has 0 saturated carbocycles. The molecule has 1 N–H and O–H groups in total. The van der Waals surface area contributed by atoms with Gasteiger partial charge in [0.05, 0.1) is 11.4 Å². The summed E-state index contributed by atoms with van der Waals surface area (Å²) in [6.45, 7) is 0.364. The molecule has 3 rings (SSSR count). The van der Waals surface area contributed by atoms with Crippen LogP contribution in [0.4, 0.5) is 21.0 Å². The molecule has 0 radical (unpaired) electrons. The summed E-state index contributed by atoms with van der Waals surface area (Å²) in [7, 11) is 2.93. The lowest BCUT2D eigenvalue weighted by molar-refractivity contribution is 0.154. The van der Waals surface area contributed by atoms with Gasteiger partial charge in [0.2, 0.25) is 0 Å². The van der Waals surface area contributed by atoms with Crippen LogP contribution in [0.1, 0.15) is 11.1 Å². The molecule has 0 unspecified atom stereocenters. The Kier molecular flexibility index (Phi) is 8.16. The van der Waals surface area contributed by atoms with Crippen molar-refractivity contribution in [3.8, 4) is 0 Å². The number of urea groups is 1. The summed E-state index contributed by atoms with van der Waals surface area (Å²) in [6.07, 6.45) is 3.06. The molecule has 1 heterocycles. The minimum Gasteiger partial charge on any atom is -0.448 e. The lowest BCUT2D eigenvalue weighted by atomic mass is 10.1. The maximum Gasteiger partial charge on any atom is 0.415 e. The highest BCUT2D eigenvalue weighted by atomic mass is 33.1. The van der Waals surface area contributed by atoms with E-state index in [9.17, 15) is 14.5 Å². The van der Waals surface area contributed by atoms with Gasteiger partial charge in [0.25, 0.3) is 0 Å². The van der Waals surface area contributed by atoms with Crippen LogP contribution in [0.3, 0.4) is 0 Å². The van der Waals surface area contributed by atoms with E-state index in [0.29, 0.717) is 22.9 Å². The molecular formula is C20H19N3O5S2. The van der Waals surface area contributed by atoms with Crippen molar-refractivity contribution in [2.45, 2.75) is 0 Å². The Morgan fingerprint density at radius 1 is 0.900 bits per heavy atom. The SMILES string of the molecule is O=NOCCSSCCOC(=O)NC(=O)N1c2ccccc2C=Cc2ccccc21. The number of ether oxygens (including phenoxy) is 1. The van der Waals surface area contributed by atoms with Gasteiger partial charge in [-0.2, -0.15) is 0 Å². The van der Waals surface area contributed by atoms with Crippen molar-refractivity contribution in [2.75, 3.05) is 29.6 Å². The highest BCUT2D eigenvalue weighted by molar-refractivity contribution is 8.76. The number of nitrogens with zero attached hydrogens (tertiary/aromatic N) is 2. The first kappa shape index (κ1) is 21.7. The molecule has 0 spiro atoms. The van der Waals surface area contributed by atoms with Crippen LogP contribution in [-0.4, -0.2) is 36.8 Å². The van der Waals surface area contributed by atoms with E-state index < -0.39 is 12.1 Å². The van der Waals surface area contributed by atoms with Gasteiger partial charge in [-0.15, -0.1) is 4.91 Å². The molecule has 1 aliphatic heterocycles. The third-order valence-electron chi connectivity index (χ3n) is 4.00. The van der Waals surface area contributed by atoms with Gasteiger partial charge < -0.3 is 9.57 Å². The number of carbonyl (C=O) groups is 2. The molecule has 3 amide bonds. The minimum absolute atomic E-state index is 0.137. The maximum atomic E-state index is 13.0. The second-order valence-corrected chi connectivity index (χ2v) is 8.61.